The molecular weight excluding hydrogens is 452 g/mol. The van der Waals surface area contributed by atoms with E-state index in [0.717, 1.165) is 30.4 Å². The highest BCUT2D eigenvalue weighted by atomic mass is 16.2. The van der Waals surface area contributed by atoms with Gasteiger partial charge in [0.05, 0.1) is 6.04 Å². The molecule has 2 aliphatic heterocycles. The van der Waals surface area contributed by atoms with Crippen molar-refractivity contribution >= 4 is 24.4 Å². The molecule has 1 saturated heterocycles. The molecule has 0 saturated carbocycles. The number of fused-ring (bicyclic) bond motifs is 1. The van der Waals surface area contributed by atoms with Gasteiger partial charge in [0.2, 0.25) is 17.7 Å². The van der Waals surface area contributed by atoms with E-state index in [1.807, 2.05) is 73.7 Å². The fourth-order valence-electron chi connectivity index (χ4n) is 5.17. The third-order valence-electron chi connectivity index (χ3n) is 7.08. The van der Waals surface area contributed by atoms with Crippen molar-refractivity contribution in [3.8, 4) is 0 Å². The van der Waals surface area contributed by atoms with Crippen molar-refractivity contribution in [1.82, 2.24) is 15.5 Å². The van der Waals surface area contributed by atoms with Crippen molar-refractivity contribution < 1.29 is 14.4 Å². The lowest BCUT2D eigenvalue weighted by Gasteiger charge is -2.34. The molecule has 0 bridgehead atoms. The summed E-state index contributed by atoms with van der Waals surface area (Å²) in [5.74, 6) is -0.768. The number of hydrogen-bond acceptors (Lipinski definition) is 4. The molecule has 2 aromatic rings. The first-order chi connectivity index (χ1) is 17.5. The molecule has 4 atom stereocenters. The zero-order valence-corrected chi connectivity index (χ0v) is 20.7. The summed E-state index contributed by atoms with van der Waals surface area (Å²) in [5.41, 5.74) is 1.95. The van der Waals surface area contributed by atoms with E-state index in [4.69, 9.17) is 0 Å². The molecule has 4 rings (SSSR count). The van der Waals surface area contributed by atoms with Crippen molar-refractivity contribution in [2.45, 2.75) is 69.2 Å². The van der Waals surface area contributed by atoms with Crippen LogP contribution < -0.4 is 10.6 Å². The lowest BCUT2D eigenvalue weighted by atomic mass is 9.98. The Morgan fingerprint density at radius 3 is 2.25 bits per heavy atom. The zero-order valence-electron chi connectivity index (χ0n) is 20.7. The number of amides is 3. The minimum absolute atomic E-state index is 0.0380. The normalized spacial score (nSPS) is 23.2. The molecule has 2 aliphatic rings. The van der Waals surface area contributed by atoms with Crippen molar-refractivity contribution in [3.05, 3.63) is 83.9 Å². The highest BCUT2D eigenvalue weighted by Crippen LogP contribution is 2.31. The summed E-state index contributed by atoms with van der Waals surface area (Å²) < 4.78 is 0. The van der Waals surface area contributed by atoms with Crippen molar-refractivity contribution in [2.75, 3.05) is 0 Å². The lowest BCUT2D eigenvalue weighted by Crippen LogP contribution is -2.56. The van der Waals surface area contributed by atoms with E-state index in [1.165, 1.54) is 0 Å². The maximum atomic E-state index is 13.7. The number of hydrogen-bond donors (Lipinski definition) is 2. The van der Waals surface area contributed by atoms with E-state index in [1.54, 1.807) is 11.0 Å². The Kier molecular flexibility index (Phi) is 8.31. The minimum atomic E-state index is -0.830. The number of nitrogens with zero attached hydrogens (tertiary/aromatic N) is 2. The smallest absolute Gasteiger partial charge is 0.250 e. The second-order valence-corrected chi connectivity index (χ2v) is 9.35. The summed E-state index contributed by atoms with van der Waals surface area (Å²) in [5, 5.41) is 6.03. The molecule has 36 heavy (non-hydrogen) atoms. The Bertz CT molecular complexity index is 1060. The Morgan fingerprint density at radius 1 is 1.03 bits per heavy atom. The third kappa shape index (κ3) is 5.56. The summed E-state index contributed by atoms with van der Waals surface area (Å²) in [6, 6.07) is 17.3. The quantitative estimate of drug-likeness (QED) is 0.442. The van der Waals surface area contributed by atoms with Crippen molar-refractivity contribution in [1.29, 1.82) is 0 Å². The fraction of sp³-hybridized carbons (Fsp3) is 0.379. The molecule has 2 N–H and O–H groups in total. The highest BCUT2D eigenvalue weighted by Gasteiger charge is 2.43. The number of carbonyl (C=O) groups is 3. The van der Waals surface area contributed by atoms with Gasteiger partial charge >= 0.3 is 0 Å². The molecule has 0 unspecified atom stereocenters. The van der Waals surface area contributed by atoms with Gasteiger partial charge < -0.3 is 15.5 Å². The topological polar surface area (TPSA) is 90.9 Å². The van der Waals surface area contributed by atoms with Gasteiger partial charge in [-0.1, -0.05) is 79.7 Å². The van der Waals surface area contributed by atoms with Crippen LogP contribution in [-0.2, 0) is 14.4 Å². The second-order valence-electron chi connectivity index (χ2n) is 9.35. The van der Waals surface area contributed by atoms with Crippen LogP contribution in [0.5, 0.6) is 0 Å². The monoisotopic (exact) mass is 486 g/mol. The predicted octanol–water partition coefficient (Wildman–Crippen LogP) is 3.57. The molecule has 0 spiro atoms. The van der Waals surface area contributed by atoms with Gasteiger partial charge in [-0.25, -0.2) is 0 Å². The maximum Gasteiger partial charge on any atom is 0.250 e. The van der Waals surface area contributed by atoms with Crippen LogP contribution in [-0.4, -0.2) is 53.5 Å². The van der Waals surface area contributed by atoms with Crippen LogP contribution in [0.2, 0.25) is 0 Å². The lowest BCUT2D eigenvalue weighted by molar-refractivity contribution is -0.142. The number of carbonyl (C=O) groups excluding carboxylic acids is 3. The van der Waals surface area contributed by atoms with Gasteiger partial charge in [-0.05, 0) is 49.9 Å². The van der Waals surface area contributed by atoms with Crippen LogP contribution in [0, 0.1) is 0 Å². The molecule has 1 fully saturated rings. The number of benzene rings is 2. The molecule has 7 heteroatoms. The summed E-state index contributed by atoms with van der Waals surface area (Å²) in [6.45, 7) is 5.34. The van der Waals surface area contributed by atoms with Gasteiger partial charge in [-0.2, -0.15) is 0 Å². The highest BCUT2D eigenvalue weighted by molar-refractivity contribution is 5.95. The number of nitrogens with one attached hydrogen (secondary N) is 2. The first-order valence-corrected chi connectivity index (χ1v) is 12.7. The standard InChI is InChI=1S/C29H34N4O3/c1-3-23(30-2)27(34)31-24-17-11-10-16-22-18-19-25(33(22)29(24)36)28(35)32-26(20-12-6-4-7-13-20)21-14-8-5-9-15-21/h4-9,11-15,17,22-26H,2-3,10,16,18-19H2,1H3,(H,31,34)(H,32,35)/b17-11-/t22-,23-,24-,25-/m0/s1. The van der Waals surface area contributed by atoms with Crippen LogP contribution >= 0.6 is 0 Å². The van der Waals surface area contributed by atoms with Gasteiger partial charge in [0.15, 0.2) is 0 Å². The Labute approximate surface area is 212 Å². The minimum Gasteiger partial charge on any atom is -0.343 e. The Hall–Kier alpha value is -3.74. The van der Waals surface area contributed by atoms with Crippen LogP contribution in [0.25, 0.3) is 0 Å². The van der Waals surface area contributed by atoms with E-state index in [2.05, 4.69) is 22.3 Å². The third-order valence-corrected chi connectivity index (χ3v) is 7.08. The second kappa shape index (κ2) is 11.8. The van der Waals surface area contributed by atoms with Gasteiger partial charge in [0.25, 0.3) is 0 Å². The number of allylic oxidation sites excluding steroid dienone is 1. The molecule has 2 aromatic carbocycles. The molecule has 0 radical (unpaired) electrons. The van der Waals surface area contributed by atoms with Crippen LogP contribution in [0.3, 0.4) is 0 Å². The van der Waals surface area contributed by atoms with E-state index >= 15 is 0 Å². The molecule has 7 nitrogen and oxygen atoms in total. The van der Waals surface area contributed by atoms with Gasteiger partial charge in [-0.3, -0.25) is 19.4 Å². The predicted molar refractivity (Wildman–Crippen MR) is 140 cm³/mol. The number of rotatable bonds is 8. The first-order valence-electron chi connectivity index (χ1n) is 12.7. The van der Waals surface area contributed by atoms with Crippen molar-refractivity contribution in [3.63, 3.8) is 0 Å². The van der Waals surface area contributed by atoms with E-state index in [0.29, 0.717) is 12.8 Å². The largest absolute Gasteiger partial charge is 0.343 e. The van der Waals surface area contributed by atoms with Gasteiger partial charge in [-0.15, -0.1) is 0 Å². The first kappa shape index (κ1) is 25.4. The molecule has 0 aliphatic carbocycles. The van der Waals surface area contributed by atoms with E-state index in [-0.39, 0.29) is 29.8 Å². The zero-order chi connectivity index (χ0) is 25.5. The molecular formula is C29H34N4O3. The van der Waals surface area contributed by atoms with E-state index < -0.39 is 18.1 Å². The summed E-state index contributed by atoms with van der Waals surface area (Å²) in [4.78, 5) is 45.6. The van der Waals surface area contributed by atoms with E-state index in [9.17, 15) is 14.4 Å². The average Bonchev–Trinajstić information content (AvgIpc) is 3.33. The molecule has 3 amide bonds. The van der Waals surface area contributed by atoms with Crippen molar-refractivity contribution in [2.24, 2.45) is 4.99 Å². The SMILES string of the molecule is C=N[C@@H](CC)C(=O)N[C@H]1/C=C\CC[C@H]2CC[C@@H](C(=O)NC(c3ccccc3)c3ccccc3)N2C1=O. The maximum absolute atomic E-state index is 13.7. The summed E-state index contributed by atoms with van der Waals surface area (Å²) in [7, 11) is 0. The Morgan fingerprint density at radius 2 is 1.67 bits per heavy atom. The van der Waals surface area contributed by atoms with Gasteiger partial charge in [0, 0.05) is 6.04 Å². The van der Waals surface area contributed by atoms with Crippen LogP contribution in [0.4, 0.5) is 0 Å². The Balaban J connectivity index is 1.56. The average molecular weight is 487 g/mol. The summed E-state index contributed by atoms with van der Waals surface area (Å²) >= 11 is 0. The number of aliphatic imine (C=N–C) groups is 1. The fourth-order valence-corrected chi connectivity index (χ4v) is 5.17. The van der Waals surface area contributed by atoms with Crippen LogP contribution in [0.1, 0.15) is 56.2 Å². The molecule has 0 aromatic heterocycles. The molecule has 2 heterocycles. The van der Waals surface area contributed by atoms with Gasteiger partial charge in [0.1, 0.15) is 18.1 Å². The summed E-state index contributed by atoms with van der Waals surface area (Å²) in [6.07, 6.45) is 7.09. The molecule has 188 valence electrons. The van der Waals surface area contributed by atoms with Crippen LogP contribution in [0.15, 0.2) is 77.8 Å².